The van der Waals surface area contributed by atoms with E-state index in [0.717, 1.165) is 6.42 Å². The van der Waals surface area contributed by atoms with Crippen LogP contribution in [0.25, 0.3) is 0 Å². The maximum atomic E-state index is 11.1. The van der Waals surface area contributed by atoms with Gasteiger partial charge in [-0.15, -0.1) is 0 Å². The van der Waals surface area contributed by atoms with Gasteiger partial charge in [0.05, 0.1) is 18.9 Å². The van der Waals surface area contributed by atoms with Crippen LogP contribution in [0.4, 0.5) is 0 Å². The lowest BCUT2D eigenvalue weighted by atomic mass is 10.1. The first-order valence-corrected chi connectivity index (χ1v) is 5.05. The number of esters is 1. The number of ether oxygens (including phenoxy) is 1. The molecule has 0 aliphatic heterocycles. The van der Waals surface area contributed by atoms with Gasteiger partial charge >= 0.3 is 11.9 Å². The second-order valence-electron chi connectivity index (χ2n) is 3.54. The van der Waals surface area contributed by atoms with E-state index in [4.69, 9.17) is 9.84 Å². The standard InChI is InChI=1S/C10H18O5/c1-3-4-8(11)6-10(14)15-7(2)5-9(12)13/h7-8,11H,3-6H2,1-2H3,(H,12,13). The summed E-state index contributed by atoms with van der Waals surface area (Å²) in [5.74, 6) is -1.56. The summed E-state index contributed by atoms with van der Waals surface area (Å²) in [6, 6.07) is 0. The van der Waals surface area contributed by atoms with Gasteiger partial charge in [-0.05, 0) is 13.3 Å². The molecule has 0 aromatic carbocycles. The van der Waals surface area contributed by atoms with E-state index in [-0.39, 0.29) is 12.8 Å². The number of carbonyl (C=O) groups is 2. The molecule has 15 heavy (non-hydrogen) atoms. The van der Waals surface area contributed by atoms with Gasteiger partial charge in [0.15, 0.2) is 0 Å². The van der Waals surface area contributed by atoms with Crippen LogP contribution < -0.4 is 0 Å². The van der Waals surface area contributed by atoms with Crippen LogP contribution in [0, 0.1) is 0 Å². The van der Waals surface area contributed by atoms with Crippen LogP contribution in [-0.2, 0) is 14.3 Å². The quantitative estimate of drug-likeness (QED) is 0.621. The molecule has 5 heteroatoms. The van der Waals surface area contributed by atoms with E-state index in [1.807, 2.05) is 6.92 Å². The van der Waals surface area contributed by atoms with Crippen molar-refractivity contribution in [2.75, 3.05) is 0 Å². The normalized spacial score (nSPS) is 14.3. The van der Waals surface area contributed by atoms with E-state index >= 15 is 0 Å². The van der Waals surface area contributed by atoms with Crippen molar-refractivity contribution >= 4 is 11.9 Å². The van der Waals surface area contributed by atoms with Crippen LogP contribution in [0.15, 0.2) is 0 Å². The van der Waals surface area contributed by atoms with E-state index in [1.165, 1.54) is 6.92 Å². The molecule has 0 heterocycles. The molecule has 0 aliphatic carbocycles. The van der Waals surface area contributed by atoms with Crippen LogP contribution in [-0.4, -0.2) is 34.4 Å². The molecule has 2 unspecified atom stereocenters. The predicted octanol–water partition coefficient (Wildman–Crippen LogP) is 0.944. The maximum absolute atomic E-state index is 11.1. The SMILES string of the molecule is CCCC(O)CC(=O)OC(C)CC(=O)O. The van der Waals surface area contributed by atoms with Crippen LogP contribution in [0.5, 0.6) is 0 Å². The Balaban J connectivity index is 3.77. The summed E-state index contributed by atoms with van der Waals surface area (Å²) in [5.41, 5.74) is 0. The van der Waals surface area contributed by atoms with Crippen molar-refractivity contribution in [1.82, 2.24) is 0 Å². The third-order valence-electron chi connectivity index (χ3n) is 1.82. The Hall–Kier alpha value is -1.10. The predicted molar refractivity (Wildman–Crippen MR) is 53.3 cm³/mol. The van der Waals surface area contributed by atoms with Gasteiger partial charge < -0.3 is 14.9 Å². The maximum Gasteiger partial charge on any atom is 0.308 e. The summed E-state index contributed by atoms with van der Waals surface area (Å²) in [6.45, 7) is 3.42. The van der Waals surface area contributed by atoms with Crippen LogP contribution in [0.1, 0.15) is 39.5 Å². The fraction of sp³-hybridized carbons (Fsp3) is 0.800. The molecule has 0 bridgehead atoms. The average molecular weight is 218 g/mol. The average Bonchev–Trinajstić information content (AvgIpc) is 2.00. The fourth-order valence-corrected chi connectivity index (χ4v) is 1.19. The number of carbonyl (C=O) groups excluding carboxylic acids is 1. The van der Waals surface area contributed by atoms with Crippen molar-refractivity contribution in [3.05, 3.63) is 0 Å². The van der Waals surface area contributed by atoms with Gasteiger partial charge in [-0.1, -0.05) is 13.3 Å². The summed E-state index contributed by atoms with van der Waals surface area (Å²) in [6.07, 6.45) is -0.294. The van der Waals surface area contributed by atoms with Crippen molar-refractivity contribution < 1.29 is 24.5 Å². The number of rotatable bonds is 7. The van der Waals surface area contributed by atoms with Crippen molar-refractivity contribution in [1.29, 1.82) is 0 Å². The number of carboxylic acid groups (broad SMARTS) is 1. The molecule has 2 N–H and O–H groups in total. The molecule has 0 aromatic heterocycles. The van der Waals surface area contributed by atoms with Gasteiger partial charge in [-0.3, -0.25) is 9.59 Å². The zero-order valence-corrected chi connectivity index (χ0v) is 9.10. The summed E-state index contributed by atoms with van der Waals surface area (Å²) < 4.78 is 4.80. The molecule has 0 saturated carbocycles. The van der Waals surface area contributed by atoms with Crippen LogP contribution >= 0.6 is 0 Å². The first-order valence-electron chi connectivity index (χ1n) is 5.05. The molecule has 0 saturated heterocycles. The molecule has 2 atom stereocenters. The molecule has 0 amide bonds. The molecule has 0 aromatic rings. The highest BCUT2D eigenvalue weighted by molar-refractivity contribution is 5.71. The molecule has 0 radical (unpaired) electrons. The second kappa shape index (κ2) is 7.23. The van der Waals surface area contributed by atoms with Gasteiger partial charge in [-0.2, -0.15) is 0 Å². The zero-order chi connectivity index (χ0) is 11.8. The number of aliphatic hydroxyl groups excluding tert-OH is 1. The topological polar surface area (TPSA) is 83.8 Å². The summed E-state index contributed by atoms with van der Waals surface area (Å²) >= 11 is 0. The first-order chi connectivity index (χ1) is 6.95. The Kier molecular flexibility index (Phi) is 6.70. The lowest BCUT2D eigenvalue weighted by Gasteiger charge is -2.13. The Morgan fingerprint density at radius 1 is 1.33 bits per heavy atom. The lowest BCUT2D eigenvalue weighted by Crippen LogP contribution is -2.22. The number of hydrogen-bond acceptors (Lipinski definition) is 4. The molecule has 0 rings (SSSR count). The molecule has 0 spiro atoms. The number of hydrogen-bond donors (Lipinski definition) is 2. The highest BCUT2D eigenvalue weighted by Crippen LogP contribution is 2.05. The van der Waals surface area contributed by atoms with Crippen molar-refractivity contribution in [3.8, 4) is 0 Å². The third kappa shape index (κ3) is 7.93. The molecular weight excluding hydrogens is 200 g/mol. The summed E-state index contributed by atoms with van der Waals surface area (Å²) in [4.78, 5) is 21.4. The molecule has 5 nitrogen and oxygen atoms in total. The molecular formula is C10H18O5. The van der Waals surface area contributed by atoms with Crippen LogP contribution in [0.3, 0.4) is 0 Å². The van der Waals surface area contributed by atoms with E-state index in [1.54, 1.807) is 0 Å². The van der Waals surface area contributed by atoms with E-state index in [2.05, 4.69) is 0 Å². The highest BCUT2D eigenvalue weighted by Gasteiger charge is 2.16. The minimum atomic E-state index is -1.01. The lowest BCUT2D eigenvalue weighted by molar-refractivity contribution is -0.153. The first kappa shape index (κ1) is 13.9. The summed E-state index contributed by atoms with van der Waals surface area (Å²) in [7, 11) is 0. The van der Waals surface area contributed by atoms with Gasteiger partial charge in [0.25, 0.3) is 0 Å². The fourth-order valence-electron chi connectivity index (χ4n) is 1.19. The number of carboxylic acids is 1. The van der Waals surface area contributed by atoms with E-state index < -0.39 is 24.1 Å². The molecule has 0 fully saturated rings. The van der Waals surface area contributed by atoms with Gasteiger partial charge in [0, 0.05) is 0 Å². The smallest absolute Gasteiger partial charge is 0.308 e. The van der Waals surface area contributed by atoms with Gasteiger partial charge in [0.2, 0.25) is 0 Å². The van der Waals surface area contributed by atoms with E-state index in [9.17, 15) is 14.7 Å². The second-order valence-corrected chi connectivity index (χ2v) is 3.54. The Labute approximate surface area is 89.0 Å². The third-order valence-corrected chi connectivity index (χ3v) is 1.82. The molecule has 88 valence electrons. The van der Waals surface area contributed by atoms with E-state index in [0.29, 0.717) is 6.42 Å². The van der Waals surface area contributed by atoms with Crippen molar-refractivity contribution in [3.63, 3.8) is 0 Å². The van der Waals surface area contributed by atoms with Crippen molar-refractivity contribution in [2.45, 2.75) is 51.7 Å². The molecule has 0 aliphatic rings. The summed E-state index contributed by atoms with van der Waals surface area (Å²) in [5, 5.41) is 17.7. The highest BCUT2D eigenvalue weighted by atomic mass is 16.5. The number of aliphatic hydroxyl groups is 1. The minimum Gasteiger partial charge on any atom is -0.481 e. The Morgan fingerprint density at radius 3 is 2.40 bits per heavy atom. The van der Waals surface area contributed by atoms with Gasteiger partial charge in [-0.25, -0.2) is 0 Å². The Morgan fingerprint density at radius 2 is 1.93 bits per heavy atom. The monoisotopic (exact) mass is 218 g/mol. The van der Waals surface area contributed by atoms with Gasteiger partial charge in [0.1, 0.15) is 6.10 Å². The zero-order valence-electron chi connectivity index (χ0n) is 9.10. The largest absolute Gasteiger partial charge is 0.481 e. The van der Waals surface area contributed by atoms with Crippen LogP contribution in [0.2, 0.25) is 0 Å². The Bertz CT molecular complexity index is 214. The number of aliphatic carboxylic acids is 1. The minimum absolute atomic E-state index is 0.0716. The van der Waals surface area contributed by atoms with Crippen molar-refractivity contribution in [2.24, 2.45) is 0 Å².